The SMILES string of the molecule is CC(C)c1ccc2ooc2c1C(C)(C)C. The molecule has 1 heterocycles. The lowest BCUT2D eigenvalue weighted by Crippen LogP contribution is -2.16. The molecule has 82 valence electrons. The van der Waals surface area contributed by atoms with E-state index < -0.39 is 0 Å². The fourth-order valence-corrected chi connectivity index (χ4v) is 2.03. The Labute approximate surface area is 90.2 Å². The third kappa shape index (κ3) is 1.58. The molecule has 0 atom stereocenters. The van der Waals surface area contributed by atoms with E-state index in [4.69, 9.17) is 9.15 Å². The van der Waals surface area contributed by atoms with Crippen LogP contribution in [0.25, 0.3) is 11.2 Å². The molecule has 0 fully saturated rings. The largest absolute Gasteiger partial charge is 0.286 e. The van der Waals surface area contributed by atoms with Crippen molar-refractivity contribution in [2.24, 2.45) is 0 Å². The Morgan fingerprint density at radius 3 is 2.13 bits per heavy atom. The van der Waals surface area contributed by atoms with Gasteiger partial charge in [0.05, 0.1) is 0 Å². The molecule has 1 aromatic heterocycles. The molecule has 2 nitrogen and oxygen atoms in total. The van der Waals surface area contributed by atoms with E-state index in [0.717, 1.165) is 11.2 Å². The van der Waals surface area contributed by atoms with Crippen molar-refractivity contribution in [3.05, 3.63) is 23.3 Å². The van der Waals surface area contributed by atoms with Crippen molar-refractivity contribution in [3.8, 4) is 0 Å². The molecule has 0 unspecified atom stereocenters. The van der Waals surface area contributed by atoms with Gasteiger partial charge in [-0.05, 0) is 23.0 Å². The molecule has 0 saturated heterocycles. The van der Waals surface area contributed by atoms with Gasteiger partial charge in [0.1, 0.15) is 0 Å². The van der Waals surface area contributed by atoms with E-state index in [9.17, 15) is 0 Å². The molecule has 0 aliphatic carbocycles. The zero-order valence-electron chi connectivity index (χ0n) is 10.0. The Morgan fingerprint density at radius 2 is 1.73 bits per heavy atom. The second kappa shape index (κ2) is 3.16. The van der Waals surface area contributed by atoms with Crippen molar-refractivity contribution in [2.75, 3.05) is 0 Å². The summed E-state index contributed by atoms with van der Waals surface area (Å²) >= 11 is 0. The van der Waals surface area contributed by atoms with E-state index in [1.54, 1.807) is 0 Å². The molecule has 1 aromatic carbocycles. The Morgan fingerprint density at radius 1 is 1.07 bits per heavy atom. The van der Waals surface area contributed by atoms with Gasteiger partial charge in [0.25, 0.3) is 0 Å². The Hall–Kier alpha value is -1.18. The van der Waals surface area contributed by atoms with Crippen LogP contribution in [0.1, 0.15) is 51.7 Å². The summed E-state index contributed by atoms with van der Waals surface area (Å²) in [4.78, 5) is 0. The molecule has 2 heteroatoms. The lowest BCUT2D eigenvalue weighted by atomic mass is 9.80. The second-order valence-electron chi connectivity index (χ2n) is 5.43. The third-order valence-electron chi connectivity index (χ3n) is 2.74. The summed E-state index contributed by atoms with van der Waals surface area (Å²) in [5, 5.41) is 0. The van der Waals surface area contributed by atoms with E-state index in [0.29, 0.717) is 5.92 Å². The minimum Gasteiger partial charge on any atom is -0.286 e. The summed E-state index contributed by atoms with van der Waals surface area (Å²) in [6.07, 6.45) is 0. The number of fused-ring (bicyclic) bond motifs is 1. The lowest BCUT2D eigenvalue weighted by Gasteiger charge is -2.25. The Bertz CT molecular complexity index is 466. The normalized spacial score (nSPS) is 12.9. The van der Waals surface area contributed by atoms with Gasteiger partial charge < -0.3 is 0 Å². The molecule has 0 saturated carbocycles. The van der Waals surface area contributed by atoms with Crippen molar-refractivity contribution in [3.63, 3.8) is 0 Å². The highest BCUT2D eigenvalue weighted by Crippen LogP contribution is 2.37. The highest BCUT2D eigenvalue weighted by Gasteiger charge is 2.26. The van der Waals surface area contributed by atoms with Gasteiger partial charge in [-0.1, -0.05) is 40.7 Å². The molecule has 0 spiro atoms. The van der Waals surface area contributed by atoms with E-state index in [1.165, 1.54) is 11.1 Å². The van der Waals surface area contributed by atoms with Crippen molar-refractivity contribution in [1.82, 2.24) is 0 Å². The summed E-state index contributed by atoms with van der Waals surface area (Å²) in [6.45, 7) is 11.0. The first-order chi connectivity index (χ1) is 6.91. The minimum absolute atomic E-state index is 0.0920. The highest BCUT2D eigenvalue weighted by atomic mass is 17.0. The van der Waals surface area contributed by atoms with Gasteiger partial charge in [-0.15, -0.1) is 0 Å². The molecule has 0 aliphatic rings. The zero-order chi connectivity index (χ0) is 11.2. The molecule has 0 aliphatic heterocycles. The van der Waals surface area contributed by atoms with Gasteiger partial charge >= 0.3 is 0 Å². The monoisotopic (exact) mass is 206 g/mol. The predicted octanol–water partition coefficient (Wildman–Crippen LogP) is 4.45. The fourth-order valence-electron chi connectivity index (χ4n) is 2.03. The summed E-state index contributed by atoms with van der Waals surface area (Å²) in [7, 11) is 0. The first-order valence-corrected chi connectivity index (χ1v) is 5.43. The van der Waals surface area contributed by atoms with Crippen molar-refractivity contribution in [1.29, 1.82) is 0 Å². The Balaban J connectivity index is 2.71. The summed E-state index contributed by atoms with van der Waals surface area (Å²) < 4.78 is 10.1. The van der Waals surface area contributed by atoms with Crippen LogP contribution in [0.3, 0.4) is 0 Å². The van der Waals surface area contributed by atoms with Crippen LogP contribution in [-0.4, -0.2) is 0 Å². The molecule has 0 N–H and O–H groups in total. The number of hydrogen-bond acceptors (Lipinski definition) is 2. The topological polar surface area (TPSA) is 26.3 Å². The smallest absolute Gasteiger partial charge is 0.229 e. The van der Waals surface area contributed by atoms with Crippen molar-refractivity contribution in [2.45, 2.75) is 46.0 Å². The Kier molecular flexibility index (Phi) is 2.18. The van der Waals surface area contributed by atoms with Crippen LogP contribution in [-0.2, 0) is 5.41 Å². The highest BCUT2D eigenvalue weighted by molar-refractivity contribution is 5.77. The van der Waals surface area contributed by atoms with Gasteiger partial charge in [-0.3, -0.25) is 9.15 Å². The second-order valence-corrected chi connectivity index (χ2v) is 5.43. The first-order valence-electron chi connectivity index (χ1n) is 5.43. The fraction of sp³-hybridized carbons (Fsp3) is 0.538. The van der Waals surface area contributed by atoms with Gasteiger partial charge in [0, 0.05) is 5.56 Å². The molecule has 0 amide bonds. The summed E-state index contributed by atoms with van der Waals surface area (Å²) in [5.74, 6) is 0.508. The van der Waals surface area contributed by atoms with Crippen LogP contribution in [0.15, 0.2) is 21.3 Å². The molecule has 2 rings (SSSR count). The molecule has 0 bridgehead atoms. The molecule has 0 radical (unpaired) electrons. The number of hydrogen-bond donors (Lipinski definition) is 0. The number of benzene rings is 1. The van der Waals surface area contributed by atoms with Gasteiger partial charge in [0.15, 0.2) is 0 Å². The van der Waals surface area contributed by atoms with Crippen LogP contribution < -0.4 is 0 Å². The maximum Gasteiger partial charge on any atom is 0.229 e. The predicted molar refractivity (Wildman–Crippen MR) is 61.3 cm³/mol. The lowest BCUT2D eigenvalue weighted by molar-refractivity contribution is 0.0571. The van der Waals surface area contributed by atoms with E-state index in [-0.39, 0.29) is 5.41 Å². The van der Waals surface area contributed by atoms with Crippen molar-refractivity contribution >= 4 is 11.2 Å². The van der Waals surface area contributed by atoms with Crippen LogP contribution in [0, 0.1) is 0 Å². The van der Waals surface area contributed by atoms with E-state index >= 15 is 0 Å². The minimum atomic E-state index is 0.0920. The van der Waals surface area contributed by atoms with Gasteiger partial charge in [-0.25, -0.2) is 0 Å². The molecular formula is C13H18O2. The maximum absolute atomic E-state index is 5.12. The van der Waals surface area contributed by atoms with Gasteiger partial charge in [-0.2, -0.15) is 0 Å². The van der Waals surface area contributed by atoms with Crippen molar-refractivity contribution < 1.29 is 9.15 Å². The van der Waals surface area contributed by atoms with E-state index in [2.05, 4.69) is 40.7 Å². The zero-order valence-corrected chi connectivity index (χ0v) is 10.0. The van der Waals surface area contributed by atoms with Crippen LogP contribution in [0.5, 0.6) is 0 Å². The quantitative estimate of drug-likeness (QED) is 0.644. The number of rotatable bonds is 1. The molecule has 2 aromatic rings. The maximum atomic E-state index is 5.12. The third-order valence-corrected chi connectivity index (χ3v) is 2.74. The standard InChI is InChI=1S/C13H18O2/c1-8(2)9-6-7-10-12(15-14-10)11(9)13(3,4)5/h6-8H,1-5H3. The van der Waals surface area contributed by atoms with E-state index in [1.807, 2.05) is 6.07 Å². The molecule has 15 heavy (non-hydrogen) atoms. The summed E-state index contributed by atoms with van der Waals surface area (Å²) in [5.41, 5.74) is 4.51. The molecular weight excluding hydrogens is 188 g/mol. The first kappa shape index (κ1) is 10.3. The van der Waals surface area contributed by atoms with Crippen LogP contribution >= 0.6 is 0 Å². The average Bonchev–Trinajstić information content (AvgIpc) is 2.03. The van der Waals surface area contributed by atoms with Crippen LogP contribution in [0.4, 0.5) is 0 Å². The van der Waals surface area contributed by atoms with Crippen LogP contribution in [0.2, 0.25) is 0 Å². The van der Waals surface area contributed by atoms with Gasteiger partial charge in [0.2, 0.25) is 11.2 Å². The average molecular weight is 206 g/mol. The summed E-state index contributed by atoms with van der Waals surface area (Å²) in [6, 6.07) is 4.13.